The Morgan fingerprint density at radius 3 is 2.80 bits per heavy atom. The number of ether oxygens (including phenoxy) is 1. The topological polar surface area (TPSA) is 78.2 Å². The van der Waals surface area contributed by atoms with E-state index in [0.29, 0.717) is 11.1 Å². The van der Waals surface area contributed by atoms with Crippen LogP contribution >= 0.6 is 23.2 Å². The molecule has 8 heteroatoms. The molecule has 0 atom stereocenters. The molecule has 0 aliphatic carbocycles. The highest BCUT2D eigenvalue weighted by molar-refractivity contribution is 6.31. The van der Waals surface area contributed by atoms with E-state index in [1.54, 1.807) is 19.1 Å². The molecule has 0 fully saturated rings. The van der Waals surface area contributed by atoms with Crippen LogP contribution in [0.2, 0.25) is 5.15 Å². The molecule has 0 aliphatic heterocycles. The van der Waals surface area contributed by atoms with Crippen molar-refractivity contribution in [1.29, 1.82) is 0 Å². The van der Waals surface area contributed by atoms with Gasteiger partial charge in [-0.25, -0.2) is 9.97 Å². The number of aromatic nitrogens is 2. The number of hydrogen-bond donors (Lipinski definition) is 0. The zero-order valence-corrected chi connectivity index (χ0v) is 11.9. The van der Waals surface area contributed by atoms with Gasteiger partial charge in [-0.1, -0.05) is 23.7 Å². The molecular formula is C12H9Cl2N3O3. The number of nitrogens with zero attached hydrogens (tertiary/aromatic N) is 3. The van der Waals surface area contributed by atoms with E-state index < -0.39 is 4.92 Å². The second-order valence-corrected chi connectivity index (χ2v) is 4.49. The van der Waals surface area contributed by atoms with Crippen molar-refractivity contribution in [1.82, 2.24) is 9.97 Å². The number of nitro groups is 1. The number of rotatable bonds is 4. The van der Waals surface area contributed by atoms with Gasteiger partial charge in [0.1, 0.15) is 11.5 Å². The van der Waals surface area contributed by atoms with E-state index in [1.165, 1.54) is 12.4 Å². The smallest absolute Gasteiger partial charge is 0.311 e. The van der Waals surface area contributed by atoms with Gasteiger partial charge in [0.25, 0.3) is 0 Å². The first-order valence-corrected chi connectivity index (χ1v) is 6.43. The number of nitro benzene ring substituents is 1. The van der Waals surface area contributed by atoms with E-state index in [4.69, 9.17) is 27.9 Å². The average molecular weight is 314 g/mol. The fourth-order valence-corrected chi connectivity index (χ4v) is 2.09. The maximum Gasteiger partial charge on any atom is 0.311 e. The van der Waals surface area contributed by atoms with Crippen LogP contribution in [-0.4, -0.2) is 14.9 Å². The Morgan fingerprint density at radius 2 is 2.15 bits per heavy atom. The molecule has 1 aromatic carbocycles. The predicted octanol–water partition coefficient (Wildman–Crippen LogP) is 3.88. The summed E-state index contributed by atoms with van der Waals surface area (Å²) in [5.74, 6) is 0.255. The standard InChI is InChI=1S/C12H9Cl2N3O3/c1-7-3-2-4-9(17(18)19)10(7)20-12-8(5-13)11(14)15-6-16-12/h2-4,6H,5H2,1H3. The van der Waals surface area contributed by atoms with Crippen LogP contribution in [0.25, 0.3) is 0 Å². The van der Waals surface area contributed by atoms with Crippen LogP contribution in [0.4, 0.5) is 5.69 Å². The van der Waals surface area contributed by atoms with Crippen LogP contribution in [0.1, 0.15) is 11.1 Å². The zero-order valence-electron chi connectivity index (χ0n) is 10.3. The lowest BCUT2D eigenvalue weighted by molar-refractivity contribution is -0.385. The van der Waals surface area contributed by atoms with Crippen molar-refractivity contribution in [3.63, 3.8) is 0 Å². The molecule has 0 unspecified atom stereocenters. The summed E-state index contributed by atoms with van der Waals surface area (Å²) in [6.07, 6.45) is 1.21. The van der Waals surface area contributed by atoms with Crippen LogP contribution in [-0.2, 0) is 5.88 Å². The average Bonchev–Trinajstić information content (AvgIpc) is 2.41. The van der Waals surface area contributed by atoms with Gasteiger partial charge in [-0.15, -0.1) is 11.6 Å². The zero-order chi connectivity index (χ0) is 14.7. The summed E-state index contributed by atoms with van der Waals surface area (Å²) in [4.78, 5) is 18.2. The number of para-hydroxylation sites is 1. The number of halogens is 2. The first kappa shape index (κ1) is 14.5. The second kappa shape index (κ2) is 6.02. The highest BCUT2D eigenvalue weighted by Gasteiger charge is 2.20. The fraction of sp³-hybridized carbons (Fsp3) is 0.167. The van der Waals surface area contributed by atoms with Crippen molar-refractivity contribution < 1.29 is 9.66 Å². The summed E-state index contributed by atoms with van der Waals surface area (Å²) in [6, 6.07) is 4.63. The minimum Gasteiger partial charge on any atom is -0.431 e. The van der Waals surface area contributed by atoms with Gasteiger partial charge in [0, 0.05) is 6.07 Å². The molecule has 0 radical (unpaired) electrons. The highest BCUT2D eigenvalue weighted by Crippen LogP contribution is 2.36. The quantitative estimate of drug-likeness (QED) is 0.370. The third kappa shape index (κ3) is 2.81. The Bertz CT molecular complexity index is 664. The van der Waals surface area contributed by atoms with Crippen molar-refractivity contribution in [2.45, 2.75) is 12.8 Å². The van der Waals surface area contributed by atoms with Crippen molar-refractivity contribution >= 4 is 28.9 Å². The van der Waals surface area contributed by atoms with Gasteiger partial charge in [-0.3, -0.25) is 10.1 Å². The molecule has 0 spiro atoms. The molecule has 0 saturated carbocycles. The molecule has 1 heterocycles. The van der Waals surface area contributed by atoms with E-state index >= 15 is 0 Å². The van der Waals surface area contributed by atoms with Crippen molar-refractivity contribution in [3.8, 4) is 11.6 Å². The molecule has 2 rings (SSSR count). The molecule has 0 bridgehead atoms. The summed E-state index contributed by atoms with van der Waals surface area (Å²) in [7, 11) is 0. The summed E-state index contributed by atoms with van der Waals surface area (Å²) < 4.78 is 5.54. The number of aryl methyl sites for hydroxylation is 1. The first-order chi connectivity index (χ1) is 9.54. The lowest BCUT2D eigenvalue weighted by Gasteiger charge is -2.10. The van der Waals surface area contributed by atoms with Crippen molar-refractivity contribution in [2.24, 2.45) is 0 Å². The van der Waals surface area contributed by atoms with Gasteiger partial charge in [-0.2, -0.15) is 0 Å². The maximum atomic E-state index is 11.0. The monoisotopic (exact) mass is 313 g/mol. The lowest BCUT2D eigenvalue weighted by atomic mass is 10.2. The Morgan fingerprint density at radius 1 is 1.40 bits per heavy atom. The third-order valence-electron chi connectivity index (χ3n) is 2.57. The van der Waals surface area contributed by atoms with Crippen LogP contribution in [0.15, 0.2) is 24.5 Å². The lowest BCUT2D eigenvalue weighted by Crippen LogP contribution is -2.00. The van der Waals surface area contributed by atoms with Gasteiger partial charge < -0.3 is 4.74 Å². The molecule has 0 saturated heterocycles. The molecule has 0 amide bonds. The van der Waals surface area contributed by atoms with Gasteiger partial charge in [0.05, 0.1) is 16.4 Å². The Balaban J connectivity index is 2.50. The molecule has 0 N–H and O–H groups in total. The molecular weight excluding hydrogens is 305 g/mol. The third-order valence-corrected chi connectivity index (χ3v) is 3.17. The van der Waals surface area contributed by atoms with Crippen LogP contribution in [0.3, 0.4) is 0 Å². The summed E-state index contributed by atoms with van der Waals surface area (Å²) in [6.45, 7) is 1.70. The Hall–Kier alpha value is -1.92. The molecule has 6 nitrogen and oxygen atoms in total. The van der Waals surface area contributed by atoms with E-state index in [-0.39, 0.29) is 28.3 Å². The fourth-order valence-electron chi connectivity index (χ4n) is 1.59. The SMILES string of the molecule is Cc1cccc([N+](=O)[O-])c1Oc1ncnc(Cl)c1CCl. The normalized spacial score (nSPS) is 10.3. The molecule has 1 aromatic heterocycles. The second-order valence-electron chi connectivity index (χ2n) is 3.86. The van der Waals surface area contributed by atoms with Crippen molar-refractivity contribution in [2.75, 3.05) is 0 Å². The Labute approximate surface area is 124 Å². The van der Waals surface area contributed by atoms with Crippen LogP contribution in [0.5, 0.6) is 11.6 Å². The van der Waals surface area contributed by atoms with E-state index in [9.17, 15) is 10.1 Å². The van der Waals surface area contributed by atoms with E-state index in [0.717, 1.165) is 0 Å². The molecule has 0 aliphatic rings. The van der Waals surface area contributed by atoms with E-state index in [1.807, 2.05) is 0 Å². The summed E-state index contributed by atoms with van der Waals surface area (Å²) in [5.41, 5.74) is 0.836. The minimum absolute atomic E-state index is 0.0364. The van der Waals surface area contributed by atoms with Crippen molar-refractivity contribution in [3.05, 3.63) is 50.9 Å². The number of benzene rings is 1. The predicted molar refractivity (Wildman–Crippen MR) is 74.5 cm³/mol. The summed E-state index contributed by atoms with van der Waals surface area (Å²) in [5, 5.41) is 11.2. The summed E-state index contributed by atoms with van der Waals surface area (Å²) >= 11 is 11.7. The number of alkyl halides is 1. The number of hydrogen-bond acceptors (Lipinski definition) is 5. The molecule has 20 heavy (non-hydrogen) atoms. The molecule has 2 aromatic rings. The highest BCUT2D eigenvalue weighted by atomic mass is 35.5. The minimum atomic E-state index is -0.522. The van der Waals surface area contributed by atoms with Gasteiger partial charge in [0.2, 0.25) is 11.6 Å². The van der Waals surface area contributed by atoms with E-state index in [2.05, 4.69) is 9.97 Å². The Kier molecular flexibility index (Phi) is 4.36. The largest absolute Gasteiger partial charge is 0.431 e. The molecule has 104 valence electrons. The van der Waals surface area contributed by atoms with Gasteiger partial charge in [0.15, 0.2) is 0 Å². The van der Waals surface area contributed by atoms with Gasteiger partial charge in [-0.05, 0) is 12.5 Å². The van der Waals surface area contributed by atoms with Gasteiger partial charge >= 0.3 is 5.69 Å². The maximum absolute atomic E-state index is 11.0. The van der Waals surface area contributed by atoms with Crippen LogP contribution in [0, 0.1) is 17.0 Å². The van der Waals surface area contributed by atoms with Crippen LogP contribution < -0.4 is 4.74 Å². The first-order valence-electron chi connectivity index (χ1n) is 5.51.